The Bertz CT molecular complexity index is 545. The highest BCUT2D eigenvalue weighted by atomic mass is 79.9. The molecule has 2 bridgehead atoms. The second kappa shape index (κ2) is 3.55. The standard InChI is InChI=1S/C15H13BrO2/c16-13-7-11-10(9-4-2-1-3-5-9)6-12(13)15(8-18-15)14(11)17/h1-5,7,10-12H,6,8H2/t10-,11?,12?,15-/m0/s1. The SMILES string of the molecule is O=C1C2C=C(Br)C(C[C@H]2c2ccccc2)[C@@]12CO2. The zero-order valence-electron chi connectivity index (χ0n) is 9.80. The molecule has 0 amide bonds. The minimum Gasteiger partial charge on any atom is -0.361 e. The van der Waals surface area contributed by atoms with Crippen LogP contribution < -0.4 is 0 Å². The van der Waals surface area contributed by atoms with E-state index in [2.05, 4.69) is 34.1 Å². The van der Waals surface area contributed by atoms with E-state index in [4.69, 9.17) is 4.74 Å². The van der Waals surface area contributed by atoms with Gasteiger partial charge in [-0.25, -0.2) is 0 Å². The van der Waals surface area contributed by atoms with Crippen molar-refractivity contribution in [3.8, 4) is 0 Å². The van der Waals surface area contributed by atoms with Crippen LogP contribution in [0.5, 0.6) is 0 Å². The predicted molar refractivity (Wildman–Crippen MR) is 71.5 cm³/mol. The summed E-state index contributed by atoms with van der Waals surface area (Å²) in [5, 5.41) is 0. The molecule has 92 valence electrons. The molecule has 1 aromatic rings. The summed E-state index contributed by atoms with van der Waals surface area (Å²) in [7, 11) is 0. The van der Waals surface area contributed by atoms with Crippen LogP contribution in [0.3, 0.4) is 0 Å². The van der Waals surface area contributed by atoms with Crippen molar-refractivity contribution >= 4 is 21.7 Å². The third-order valence-electron chi connectivity index (χ3n) is 4.56. The van der Waals surface area contributed by atoms with Crippen LogP contribution in [-0.2, 0) is 9.53 Å². The molecular formula is C15H13BrO2. The maximum atomic E-state index is 12.5. The van der Waals surface area contributed by atoms with Crippen LogP contribution in [0.15, 0.2) is 40.9 Å². The van der Waals surface area contributed by atoms with Crippen molar-refractivity contribution in [2.75, 3.05) is 6.61 Å². The summed E-state index contributed by atoms with van der Waals surface area (Å²) in [6.07, 6.45) is 3.11. The second-order valence-corrected chi connectivity index (χ2v) is 6.34. The molecule has 4 atom stereocenters. The molecule has 18 heavy (non-hydrogen) atoms. The monoisotopic (exact) mass is 304 g/mol. The largest absolute Gasteiger partial charge is 0.361 e. The normalized spacial score (nSPS) is 41.1. The first-order valence-electron chi connectivity index (χ1n) is 6.33. The van der Waals surface area contributed by atoms with Crippen molar-refractivity contribution in [2.24, 2.45) is 11.8 Å². The quantitative estimate of drug-likeness (QED) is 0.746. The Kier molecular flexibility index (Phi) is 2.16. The number of ether oxygens (including phenoxy) is 1. The fourth-order valence-electron chi connectivity index (χ4n) is 3.51. The van der Waals surface area contributed by atoms with Crippen molar-refractivity contribution in [3.05, 3.63) is 46.5 Å². The van der Waals surface area contributed by atoms with Crippen LogP contribution in [0, 0.1) is 11.8 Å². The maximum absolute atomic E-state index is 12.5. The van der Waals surface area contributed by atoms with Crippen molar-refractivity contribution in [3.63, 3.8) is 0 Å². The summed E-state index contributed by atoms with van der Waals surface area (Å²) in [6, 6.07) is 10.4. The zero-order chi connectivity index (χ0) is 12.3. The molecule has 3 heteroatoms. The zero-order valence-corrected chi connectivity index (χ0v) is 11.4. The summed E-state index contributed by atoms with van der Waals surface area (Å²) in [4.78, 5) is 12.5. The number of carbonyl (C=O) groups is 1. The number of rotatable bonds is 1. The molecule has 0 N–H and O–H groups in total. The van der Waals surface area contributed by atoms with E-state index in [1.165, 1.54) is 5.56 Å². The molecule has 3 aliphatic carbocycles. The van der Waals surface area contributed by atoms with Gasteiger partial charge in [0.05, 0.1) is 6.61 Å². The van der Waals surface area contributed by atoms with Gasteiger partial charge in [0.15, 0.2) is 11.4 Å². The molecule has 1 aromatic carbocycles. The van der Waals surface area contributed by atoms with E-state index in [0.717, 1.165) is 10.9 Å². The lowest BCUT2D eigenvalue weighted by Gasteiger charge is -2.42. The minimum absolute atomic E-state index is 0.0192. The third-order valence-corrected chi connectivity index (χ3v) is 5.38. The van der Waals surface area contributed by atoms with Gasteiger partial charge in [-0.1, -0.05) is 52.3 Å². The van der Waals surface area contributed by atoms with E-state index in [0.29, 0.717) is 12.5 Å². The van der Waals surface area contributed by atoms with E-state index in [1.54, 1.807) is 0 Å². The number of hydrogen-bond donors (Lipinski definition) is 0. The lowest BCUT2D eigenvalue weighted by atomic mass is 9.61. The second-order valence-electron chi connectivity index (χ2n) is 5.43. The molecule has 1 saturated heterocycles. The fraction of sp³-hybridized carbons (Fsp3) is 0.400. The van der Waals surface area contributed by atoms with E-state index >= 15 is 0 Å². The van der Waals surface area contributed by atoms with Crippen LogP contribution in [0.2, 0.25) is 0 Å². The topological polar surface area (TPSA) is 29.6 Å². The predicted octanol–water partition coefficient (Wildman–Crippen LogP) is 3.04. The smallest absolute Gasteiger partial charge is 0.175 e. The first kappa shape index (κ1) is 10.9. The molecule has 1 heterocycles. The van der Waals surface area contributed by atoms with Gasteiger partial charge in [-0.15, -0.1) is 0 Å². The van der Waals surface area contributed by atoms with Gasteiger partial charge in [0.1, 0.15) is 0 Å². The number of allylic oxidation sites excluding steroid dienone is 1. The van der Waals surface area contributed by atoms with E-state index in [1.807, 2.05) is 18.2 Å². The number of hydrogen-bond acceptors (Lipinski definition) is 2. The molecule has 2 nitrogen and oxygen atoms in total. The Morgan fingerprint density at radius 1 is 1.28 bits per heavy atom. The van der Waals surface area contributed by atoms with Crippen LogP contribution in [0.4, 0.5) is 0 Å². The Balaban J connectivity index is 1.77. The van der Waals surface area contributed by atoms with Gasteiger partial charge < -0.3 is 4.74 Å². The number of epoxide rings is 1. The molecule has 2 unspecified atom stereocenters. The van der Waals surface area contributed by atoms with E-state index < -0.39 is 5.60 Å². The van der Waals surface area contributed by atoms with Gasteiger partial charge in [0.2, 0.25) is 0 Å². The van der Waals surface area contributed by atoms with Crippen molar-refractivity contribution in [2.45, 2.75) is 17.9 Å². The lowest BCUT2D eigenvalue weighted by molar-refractivity contribution is -0.132. The van der Waals surface area contributed by atoms with Crippen LogP contribution in [0.1, 0.15) is 17.9 Å². The summed E-state index contributed by atoms with van der Waals surface area (Å²) in [6.45, 7) is 0.609. The number of carbonyl (C=O) groups excluding carboxylic acids is 1. The van der Waals surface area contributed by atoms with Crippen LogP contribution in [-0.4, -0.2) is 18.0 Å². The van der Waals surface area contributed by atoms with Crippen molar-refractivity contribution < 1.29 is 9.53 Å². The molecule has 1 aliphatic heterocycles. The van der Waals surface area contributed by atoms with Crippen molar-refractivity contribution in [1.82, 2.24) is 0 Å². The van der Waals surface area contributed by atoms with Crippen LogP contribution in [0.25, 0.3) is 0 Å². The van der Waals surface area contributed by atoms with Gasteiger partial charge in [-0.2, -0.15) is 0 Å². The first-order chi connectivity index (χ1) is 8.72. The maximum Gasteiger partial charge on any atom is 0.175 e. The fourth-order valence-corrected chi connectivity index (χ4v) is 4.35. The lowest BCUT2D eigenvalue weighted by Crippen LogP contribution is -2.49. The average molecular weight is 305 g/mol. The molecule has 4 aliphatic rings. The Morgan fingerprint density at radius 2 is 2.00 bits per heavy atom. The summed E-state index contributed by atoms with van der Waals surface area (Å²) in [5.41, 5.74) is 0.802. The summed E-state index contributed by atoms with van der Waals surface area (Å²) in [5.74, 6) is 0.810. The van der Waals surface area contributed by atoms with E-state index in [-0.39, 0.29) is 17.6 Å². The highest BCUT2D eigenvalue weighted by Gasteiger charge is 2.66. The first-order valence-corrected chi connectivity index (χ1v) is 7.12. The number of benzene rings is 1. The highest BCUT2D eigenvalue weighted by Crippen LogP contribution is 2.58. The van der Waals surface area contributed by atoms with Gasteiger partial charge in [0.25, 0.3) is 0 Å². The third kappa shape index (κ3) is 1.29. The molecule has 0 aromatic heterocycles. The molecular weight excluding hydrogens is 292 g/mol. The molecule has 2 fully saturated rings. The van der Waals surface area contributed by atoms with Gasteiger partial charge in [-0.3, -0.25) is 4.79 Å². The van der Waals surface area contributed by atoms with Crippen molar-refractivity contribution in [1.29, 1.82) is 0 Å². The van der Waals surface area contributed by atoms with Gasteiger partial charge >= 0.3 is 0 Å². The van der Waals surface area contributed by atoms with Gasteiger partial charge in [0, 0.05) is 11.8 Å². The Morgan fingerprint density at radius 3 is 2.67 bits per heavy atom. The minimum atomic E-state index is -0.469. The average Bonchev–Trinajstić information content (AvgIpc) is 3.18. The highest BCUT2D eigenvalue weighted by molar-refractivity contribution is 9.11. The molecule has 1 spiro atoms. The number of fused-ring (bicyclic) bond motifs is 1. The Labute approximate surface area is 114 Å². The number of ketones is 1. The number of halogens is 1. The summed E-state index contributed by atoms with van der Waals surface area (Å²) >= 11 is 3.62. The van der Waals surface area contributed by atoms with E-state index in [9.17, 15) is 4.79 Å². The molecule has 5 rings (SSSR count). The molecule has 0 radical (unpaired) electrons. The van der Waals surface area contributed by atoms with Gasteiger partial charge in [-0.05, 0) is 22.4 Å². The van der Waals surface area contributed by atoms with Crippen LogP contribution >= 0.6 is 15.9 Å². The molecule has 1 saturated carbocycles. The Hall–Kier alpha value is -0.930. The summed E-state index contributed by atoms with van der Waals surface area (Å²) < 4.78 is 6.68. The number of Topliss-reactive ketones (excluding diaryl/α,β-unsaturated/α-hetero) is 1.